The first-order valence-corrected chi connectivity index (χ1v) is 5.84. The Kier molecular flexibility index (Phi) is 3.84. The molecule has 0 bridgehead atoms. The number of hydrogen-bond donors (Lipinski definition) is 1. The lowest BCUT2D eigenvalue weighted by atomic mass is 10.3. The van der Waals surface area contributed by atoms with E-state index in [4.69, 9.17) is 27.7 Å². The summed E-state index contributed by atoms with van der Waals surface area (Å²) in [6, 6.07) is 4.84. The first-order valence-electron chi connectivity index (χ1n) is 5.08. The van der Waals surface area contributed by atoms with Crippen LogP contribution < -0.4 is 5.32 Å². The molecule has 0 spiro atoms. The van der Waals surface area contributed by atoms with Gasteiger partial charge in [-0.2, -0.15) is 4.98 Å². The van der Waals surface area contributed by atoms with Gasteiger partial charge in [0.25, 0.3) is 0 Å². The summed E-state index contributed by atoms with van der Waals surface area (Å²) in [5, 5.41) is 7.07. The summed E-state index contributed by atoms with van der Waals surface area (Å²) in [6.45, 7) is 1.68. The molecule has 0 aliphatic rings. The quantitative estimate of drug-likeness (QED) is 0.942. The average Bonchev–Trinajstić information content (AvgIpc) is 2.69. The number of carbonyl (C=O) groups is 1. The van der Waals surface area contributed by atoms with Crippen molar-refractivity contribution in [1.82, 2.24) is 10.1 Å². The van der Waals surface area contributed by atoms with Crippen molar-refractivity contribution in [1.29, 1.82) is 0 Å². The molecule has 1 aromatic heterocycles. The monoisotopic (exact) mass is 285 g/mol. The molecule has 0 radical (unpaired) electrons. The number of aromatic nitrogens is 2. The van der Waals surface area contributed by atoms with E-state index in [0.717, 1.165) is 0 Å². The van der Waals surface area contributed by atoms with Crippen LogP contribution in [-0.2, 0) is 11.2 Å². The molecule has 18 heavy (non-hydrogen) atoms. The fourth-order valence-corrected chi connectivity index (χ4v) is 1.63. The zero-order valence-corrected chi connectivity index (χ0v) is 10.9. The van der Waals surface area contributed by atoms with Crippen LogP contribution in [0.25, 0.3) is 0 Å². The van der Waals surface area contributed by atoms with Crippen LogP contribution in [0.1, 0.15) is 11.7 Å². The van der Waals surface area contributed by atoms with Crippen molar-refractivity contribution in [3.63, 3.8) is 0 Å². The molecule has 0 saturated heterocycles. The first-order chi connectivity index (χ1) is 8.54. The summed E-state index contributed by atoms with van der Waals surface area (Å²) < 4.78 is 4.85. The molecule has 5 nitrogen and oxygen atoms in total. The van der Waals surface area contributed by atoms with E-state index in [1.54, 1.807) is 25.1 Å². The van der Waals surface area contributed by atoms with E-state index in [9.17, 15) is 4.79 Å². The Morgan fingerprint density at radius 2 is 2.17 bits per heavy atom. The highest BCUT2D eigenvalue weighted by Crippen LogP contribution is 2.24. The van der Waals surface area contributed by atoms with Gasteiger partial charge in [0.2, 0.25) is 11.8 Å². The summed E-state index contributed by atoms with van der Waals surface area (Å²) in [4.78, 5) is 15.6. The highest BCUT2D eigenvalue weighted by Gasteiger charge is 2.10. The minimum atomic E-state index is -0.267. The maximum atomic E-state index is 11.7. The molecule has 0 atom stereocenters. The molecule has 0 fully saturated rings. The standard InChI is InChI=1S/C11H9Cl2N3O2/c1-6-14-11(18-16-6)5-10(17)15-7-2-3-8(12)9(13)4-7/h2-4H,5H2,1H3,(H,15,17). The second kappa shape index (κ2) is 5.37. The molecular formula is C11H9Cl2N3O2. The summed E-state index contributed by atoms with van der Waals surface area (Å²) in [7, 11) is 0. The van der Waals surface area contributed by atoms with Gasteiger partial charge in [-0.25, -0.2) is 0 Å². The van der Waals surface area contributed by atoms with Gasteiger partial charge in [0.1, 0.15) is 6.42 Å². The van der Waals surface area contributed by atoms with Crippen molar-refractivity contribution in [3.8, 4) is 0 Å². The van der Waals surface area contributed by atoms with Gasteiger partial charge < -0.3 is 9.84 Å². The number of nitrogens with zero attached hydrogens (tertiary/aromatic N) is 2. The Morgan fingerprint density at radius 1 is 1.39 bits per heavy atom. The largest absolute Gasteiger partial charge is 0.339 e. The lowest BCUT2D eigenvalue weighted by Gasteiger charge is -2.04. The smallest absolute Gasteiger partial charge is 0.236 e. The van der Waals surface area contributed by atoms with Gasteiger partial charge in [-0.05, 0) is 25.1 Å². The number of anilines is 1. The number of hydrogen-bond acceptors (Lipinski definition) is 4. The lowest BCUT2D eigenvalue weighted by molar-refractivity contribution is -0.115. The molecule has 0 aliphatic heterocycles. The molecule has 0 aliphatic carbocycles. The fourth-order valence-electron chi connectivity index (χ4n) is 1.33. The van der Waals surface area contributed by atoms with Gasteiger partial charge in [0.15, 0.2) is 5.82 Å². The second-order valence-electron chi connectivity index (χ2n) is 3.59. The SMILES string of the molecule is Cc1noc(CC(=O)Nc2ccc(Cl)c(Cl)c2)n1. The lowest BCUT2D eigenvalue weighted by Crippen LogP contribution is -2.14. The number of halogens is 2. The highest BCUT2D eigenvalue weighted by molar-refractivity contribution is 6.42. The number of carbonyl (C=O) groups excluding carboxylic acids is 1. The molecule has 7 heteroatoms. The van der Waals surface area contributed by atoms with Crippen molar-refractivity contribution >= 4 is 34.8 Å². The van der Waals surface area contributed by atoms with Gasteiger partial charge in [-0.15, -0.1) is 0 Å². The number of aryl methyl sites for hydroxylation is 1. The molecule has 94 valence electrons. The molecule has 1 heterocycles. The van der Waals surface area contributed by atoms with Crippen LogP contribution in [0.5, 0.6) is 0 Å². The van der Waals surface area contributed by atoms with Crippen LogP contribution in [0.3, 0.4) is 0 Å². The van der Waals surface area contributed by atoms with Crippen molar-refractivity contribution in [2.75, 3.05) is 5.32 Å². The van der Waals surface area contributed by atoms with Crippen molar-refractivity contribution in [2.45, 2.75) is 13.3 Å². The molecule has 1 aromatic carbocycles. The summed E-state index contributed by atoms with van der Waals surface area (Å²) in [5.74, 6) is 0.495. The molecule has 0 saturated carbocycles. The zero-order chi connectivity index (χ0) is 13.1. The van der Waals surface area contributed by atoms with Crippen molar-refractivity contribution in [3.05, 3.63) is 40.0 Å². The molecule has 1 amide bonds. The Bertz CT molecular complexity index is 583. The third-order valence-electron chi connectivity index (χ3n) is 2.08. The van der Waals surface area contributed by atoms with Crippen molar-refractivity contribution in [2.24, 2.45) is 0 Å². The van der Waals surface area contributed by atoms with Gasteiger partial charge in [-0.3, -0.25) is 4.79 Å². The number of rotatable bonds is 3. The van der Waals surface area contributed by atoms with E-state index >= 15 is 0 Å². The van der Waals surface area contributed by atoms with E-state index in [2.05, 4.69) is 15.5 Å². The number of nitrogens with one attached hydrogen (secondary N) is 1. The Hall–Kier alpha value is -1.59. The van der Waals surface area contributed by atoms with Gasteiger partial charge in [-0.1, -0.05) is 28.4 Å². The Morgan fingerprint density at radius 3 is 2.78 bits per heavy atom. The van der Waals surface area contributed by atoms with E-state index in [1.807, 2.05) is 0 Å². The van der Waals surface area contributed by atoms with Gasteiger partial charge >= 0.3 is 0 Å². The molecular weight excluding hydrogens is 277 g/mol. The number of benzene rings is 1. The predicted octanol–water partition coefficient (Wildman–Crippen LogP) is 2.87. The van der Waals surface area contributed by atoms with Crippen LogP contribution in [0, 0.1) is 6.92 Å². The van der Waals surface area contributed by atoms with Crippen LogP contribution in [-0.4, -0.2) is 16.0 Å². The summed E-state index contributed by atoms with van der Waals surface area (Å²) in [6.07, 6.45) is 0.0150. The van der Waals surface area contributed by atoms with Crippen LogP contribution >= 0.6 is 23.2 Å². The van der Waals surface area contributed by atoms with Gasteiger partial charge in [0.05, 0.1) is 10.0 Å². The number of amides is 1. The highest BCUT2D eigenvalue weighted by atomic mass is 35.5. The molecule has 2 rings (SSSR count). The van der Waals surface area contributed by atoms with Crippen LogP contribution in [0.2, 0.25) is 10.0 Å². The van der Waals surface area contributed by atoms with Crippen LogP contribution in [0.4, 0.5) is 5.69 Å². The minimum Gasteiger partial charge on any atom is -0.339 e. The van der Waals surface area contributed by atoms with Crippen LogP contribution in [0.15, 0.2) is 22.7 Å². The predicted molar refractivity (Wildman–Crippen MR) is 67.8 cm³/mol. The molecule has 1 N–H and O–H groups in total. The summed E-state index contributed by atoms with van der Waals surface area (Å²) in [5.41, 5.74) is 0.561. The Balaban J connectivity index is 2.00. The third kappa shape index (κ3) is 3.21. The first kappa shape index (κ1) is 12.9. The van der Waals surface area contributed by atoms with E-state index in [-0.39, 0.29) is 18.2 Å². The average molecular weight is 286 g/mol. The molecule has 2 aromatic rings. The topological polar surface area (TPSA) is 68.0 Å². The maximum absolute atomic E-state index is 11.7. The maximum Gasteiger partial charge on any atom is 0.236 e. The Labute approximate surface area is 113 Å². The molecule has 0 unspecified atom stereocenters. The second-order valence-corrected chi connectivity index (χ2v) is 4.40. The van der Waals surface area contributed by atoms with Gasteiger partial charge in [0, 0.05) is 5.69 Å². The van der Waals surface area contributed by atoms with Crippen molar-refractivity contribution < 1.29 is 9.32 Å². The summed E-state index contributed by atoms with van der Waals surface area (Å²) >= 11 is 11.6. The van der Waals surface area contributed by atoms with E-state index < -0.39 is 0 Å². The fraction of sp³-hybridized carbons (Fsp3) is 0.182. The van der Waals surface area contributed by atoms with E-state index in [1.165, 1.54) is 0 Å². The minimum absolute atomic E-state index is 0.0150. The zero-order valence-electron chi connectivity index (χ0n) is 9.41. The van der Waals surface area contributed by atoms with E-state index in [0.29, 0.717) is 21.6 Å². The normalized spacial score (nSPS) is 10.4. The third-order valence-corrected chi connectivity index (χ3v) is 2.82.